The predicted octanol–water partition coefficient (Wildman–Crippen LogP) is 32.1. The maximum Gasteiger partial charge on any atom is 0.303 e. The summed E-state index contributed by atoms with van der Waals surface area (Å²) < 4.78 is 0. The van der Waals surface area contributed by atoms with Crippen molar-refractivity contribution in [3.05, 3.63) is 323 Å². The highest BCUT2D eigenvalue weighted by Gasteiger charge is 1.94. The van der Waals surface area contributed by atoms with Gasteiger partial charge in [0.2, 0.25) is 5.91 Å². The molecule has 0 atom stereocenters. The molecule has 0 aliphatic carbocycles. The van der Waals surface area contributed by atoms with Crippen molar-refractivity contribution in [3.8, 4) is 0 Å². The van der Waals surface area contributed by atoms with Gasteiger partial charge in [0.15, 0.2) is 11.6 Å². The number of aliphatic hydroxyl groups is 1. The minimum absolute atomic E-state index is 0. The molecule has 0 fully saturated rings. The molecular formula is C103H181NO7. The van der Waals surface area contributed by atoms with Crippen molar-refractivity contribution in [1.82, 2.24) is 5.32 Å². The molecule has 111 heavy (non-hydrogen) atoms. The minimum Gasteiger partial charge on any atom is -0.481 e. The van der Waals surface area contributed by atoms with Gasteiger partial charge in [0.25, 0.3) is 0 Å². The van der Waals surface area contributed by atoms with Crippen LogP contribution in [0.25, 0.3) is 0 Å². The maximum absolute atomic E-state index is 9.79. The summed E-state index contributed by atoms with van der Waals surface area (Å²) >= 11 is 0. The van der Waals surface area contributed by atoms with Gasteiger partial charge >= 0.3 is 5.97 Å². The largest absolute Gasteiger partial charge is 0.481 e. The van der Waals surface area contributed by atoms with Crippen molar-refractivity contribution in [2.45, 2.75) is 292 Å². The zero-order valence-electron chi connectivity index (χ0n) is 69.1. The predicted molar refractivity (Wildman–Crippen MR) is 514 cm³/mol. The highest BCUT2D eigenvalue weighted by atomic mass is 16.4. The Hall–Kier alpha value is -9.11. The molecular weight excluding hydrogens is 1360 g/mol. The number of carbonyl (C=O) groups excluding carboxylic acids is 4. The lowest BCUT2D eigenvalue weighted by Crippen LogP contribution is -2.11. The first-order chi connectivity index (χ1) is 48.7. The van der Waals surface area contributed by atoms with Gasteiger partial charge in [0.1, 0.15) is 5.78 Å². The molecule has 8 nitrogen and oxygen atoms in total. The van der Waals surface area contributed by atoms with Gasteiger partial charge in [0.05, 0.1) is 0 Å². The van der Waals surface area contributed by atoms with Gasteiger partial charge in [-0.05, 0) is 89.0 Å². The van der Waals surface area contributed by atoms with Crippen molar-refractivity contribution < 1.29 is 34.2 Å². The number of carboxylic acid groups (broad SMARTS) is 1. The van der Waals surface area contributed by atoms with E-state index in [-0.39, 0.29) is 90.1 Å². The monoisotopic (exact) mass is 1540 g/mol. The number of unbranched alkanes of at least 4 members (excludes halogenated alkanes) is 2. The molecule has 0 spiro atoms. The summed E-state index contributed by atoms with van der Waals surface area (Å²) in [6.07, 6.45) is 7.18. The van der Waals surface area contributed by atoms with Crippen LogP contribution in [-0.2, 0) is 24.0 Å². The number of carbonyl (C=O) groups is 5. The summed E-state index contributed by atoms with van der Waals surface area (Å²) in [6.45, 7) is 50.6. The summed E-state index contributed by atoms with van der Waals surface area (Å²) in [5.74, 6) is -1.30. The van der Waals surface area contributed by atoms with E-state index in [0.717, 1.165) is 12.8 Å². The number of aliphatic carboxylic acids is 1. The van der Waals surface area contributed by atoms with Crippen LogP contribution in [0.1, 0.15) is 280 Å². The molecule has 0 bridgehead atoms. The molecule has 0 heterocycles. The number of hydrogen-bond donors (Lipinski definition) is 3. The Morgan fingerprint density at radius 3 is 0.369 bits per heavy atom. The van der Waals surface area contributed by atoms with Gasteiger partial charge in [-0.2, -0.15) is 0 Å². The van der Waals surface area contributed by atoms with E-state index in [1.165, 1.54) is 110 Å². The van der Waals surface area contributed by atoms with Crippen LogP contribution >= 0.6 is 0 Å². The Morgan fingerprint density at radius 1 is 0.252 bits per heavy atom. The van der Waals surface area contributed by atoms with Gasteiger partial charge in [-0.3, -0.25) is 19.2 Å². The summed E-state index contributed by atoms with van der Waals surface area (Å²) in [4.78, 5) is 48.3. The van der Waals surface area contributed by atoms with Crippen molar-refractivity contribution in [2.75, 3.05) is 13.7 Å². The quantitative estimate of drug-likeness (QED) is 0.141. The van der Waals surface area contributed by atoms with E-state index >= 15 is 0 Å². The lowest BCUT2D eigenvalue weighted by molar-refractivity contribution is -0.137. The molecule has 0 radical (unpaired) electrons. The highest BCUT2D eigenvalue weighted by Crippen LogP contribution is 1.98. The number of rotatable bonds is 6. The lowest BCUT2D eigenvalue weighted by atomic mass is 10.2. The minimum atomic E-state index is -0.711. The van der Waals surface area contributed by atoms with Gasteiger partial charge in [0, 0.05) is 40.8 Å². The second-order valence-electron chi connectivity index (χ2n) is 21.6. The van der Waals surface area contributed by atoms with E-state index in [4.69, 9.17) is 10.2 Å². The van der Waals surface area contributed by atoms with E-state index in [1.54, 1.807) is 7.05 Å². The Labute approximate surface area is 693 Å². The van der Waals surface area contributed by atoms with Crippen molar-refractivity contribution in [3.63, 3.8) is 0 Å². The molecule has 9 aromatic carbocycles. The van der Waals surface area contributed by atoms with E-state index in [1.807, 2.05) is 219 Å². The zero-order valence-corrected chi connectivity index (χ0v) is 69.1. The van der Waals surface area contributed by atoms with Crippen LogP contribution in [0.2, 0.25) is 0 Å². The number of amides is 1. The number of nitrogens with one attached hydrogen (secondary N) is 1. The lowest BCUT2D eigenvalue weighted by Gasteiger charge is -1.82. The first-order valence-electron chi connectivity index (χ1n) is 36.4. The standard InChI is InChI=1S/9C7H8.C4H6O2.C4H8O2.2C4H10.C3H7NO.C3H6O.C3H8O.3C2H6.9CH4/c9*1-7-5-3-2-4-6-7;1-3(5)4(2)6;1-2-3-4(5)6;2*1-3-4-2;1-3(5)4-2;1-3(2)4;1-2-3-4;3*1-2;;;;;;;;;/h9*2-6H,1H3;1-2H3;2-3H2,1H3,(H,5,6);2*3-4H2,1-2H3;1-2H3,(H,4,5);1-2H3;4H,2-3H2,1H3;3*1-2H3;9*1H4. The SMILES string of the molecule is C.C.C.C.C.C.C.C.C.CC.CC.CC.CC(=O)C(C)=O.CC(C)=O.CCCC.CCCC.CCCC(=O)O.CCCO.CNC(C)=O.Cc1ccccc1.Cc1ccccc1.Cc1ccccc1.Cc1ccccc1.Cc1ccccc1.Cc1ccccc1.Cc1ccccc1.Cc1ccccc1.Cc1ccccc1. The summed E-state index contributed by atoms with van der Waals surface area (Å²) in [7, 11) is 1.60. The number of carboxylic acids is 1. The molecule has 0 aliphatic rings. The number of Topliss-reactive ketones (excluding diaryl/α,β-unsaturated/α-hetero) is 3. The number of benzene rings is 9. The number of hydrogen-bond acceptors (Lipinski definition) is 6. The fraction of sp³-hybridized carbons (Fsp3) is 0.427. The normalized spacial score (nSPS) is 7.32. The van der Waals surface area contributed by atoms with E-state index in [2.05, 4.69) is 205 Å². The third-order valence-corrected chi connectivity index (χ3v) is 11.0. The molecule has 0 aliphatic heterocycles. The number of aliphatic hydroxyl groups excluding tert-OH is 1. The third-order valence-electron chi connectivity index (χ3n) is 11.0. The summed E-state index contributed by atoms with van der Waals surface area (Å²) in [5.41, 5.74) is 11.9. The first-order valence-corrected chi connectivity index (χ1v) is 36.4. The number of ketones is 3. The molecule has 640 valence electrons. The van der Waals surface area contributed by atoms with Crippen molar-refractivity contribution in [2.24, 2.45) is 0 Å². The van der Waals surface area contributed by atoms with Crippen molar-refractivity contribution in [1.29, 1.82) is 0 Å². The van der Waals surface area contributed by atoms with E-state index in [0.29, 0.717) is 13.0 Å². The average Bonchev–Trinajstić information content (AvgIpc) is 1.09. The highest BCUT2D eigenvalue weighted by molar-refractivity contribution is 6.35. The van der Waals surface area contributed by atoms with Gasteiger partial charge in [-0.25, -0.2) is 0 Å². The molecule has 3 N–H and O–H groups in total. The van der Waals surface area contributed by atoms with Crippen LogP contribution in [-0.4, -0.2) is 53.1 Å². The van der Waals surface area contributed by atoms with Crippen molar-refractivity contribution >= 4 is 29.2 Å². The first kappa shape index (κ1) is 151. The summed E-state index contributed by atoms with van der Waals surface area (Å²) in [6, 6.07) is 92.4. The van der Waals surface area contributed by atoms with Crippen LogP contribution in [0.5, 0.6) is 0 Å². The second kappa shape index (κ2) is 133. The van der Waals surface area contributed by atoms with Crippen LogP contribution in [0.4, 0.5) is 0 Å². The number of aryl methyl sites for hydroxylation is 9. The topological polar surface area (TPSA) is 138 Å². The zero-order chi connectivity index (χ0) is 80.3. The molecule has 0 aromatic heterocycles. The fourth-order valence-electron chi connectivity index (χ4n) is 5.02. The molecule has 0 saturated carbocycles. The van der Waals surface area contributed by atoms with E-state index < -0.39 is 5.97 Å². The Morgan fingerprint density at radius 2 is 0.351 bits per heavy atom. The molecule has 0 unspecified atom stereocenters. The smallest absolute Gasteiger partial charge is 0.303 e. The molecule has 0 saturated heterocycles. The van der Waals surface area contributed by atoms with Crippen LogP contribution in [0.3, 0.4) is 0 Å². The van der Waals surface area contributed by atoms with Gasteiger partial charge < -0.3 is 20.3 Å². The summed E-state index contributed by atoms with van der Waals surface area (Å²) in [5, 5.41) is 18.2. The van der Waals surface area contributed by atoms with Gasteiger partial charge in [-0.1, -0.05) is 499 Å². The van der Waals surface area contributed by atoms with Crippen LogP contribution in [0, 0.1) is 62.3 Å². The maximum atomic E-state index is 9.79. The molecule has 8 heteroatoms. The van der Waals surface area contributed by atoms with E-state index in [9.17, 15) is 24.0 Å². The Kier molecular flexibility index (Phi) is 181. The Bertz CT molecular complexity index is 2400. The second-order valence-corrected chi connectivity index (χ2v) is 21.6. The van der Waals surface area contributed by atoms with Crippen LogP contribution < -0.4 is 5.32 Å². The molecule has 9 rings (SSSR count). The molecule has 9 aromatic rings. The third kappa shape index (κ3) is 176. The van der Waals surface area contributed by atoms with Gasteiger partial charge in [-0.15, -0.1) is 0 Å². The molecule has 1 amide bonds. The Balaban J connectivity index is -0.0000000475. The van der Waals surface area contributed by atoms with Crippen LogP contribution in [0.15, 0.2) is 273 Å². The fourth-order valence-corrected chi connectivity index (χ4v) is 5.02. The average molecular weight is 1550 g/mol.